The largest absolute Gasteiger partial charge is 0.465 e. The minimum absolute atomic E-state index is 0.0989. The van der Waals surface area contributed by atoms with Gasteiger partial charge in [0.15, 0.2) is 0 Å². The molecule has 0 radical (unpaired) electrons. The molecule has 4 rings (SSSR count). The highest BCUT2D eigenvalue weighted by molar-refractivity contribution is 5.66. The number of carbonyl (C=O) groups is 1. The Balaban J connectivity index is 1.68. The van der Waals surface area contributed by atoms with Crippen LogP contribution < -0.4 is 0 Å². The van der Waals surface area contributed by atoms with Crippen molar-refractivity contribution < 1.29 is 14.6 Å². The molecule has 3 fully saturated rings. The van der Waals surface area contributed by atoms with E-state index >= 15 is 0 Å². The normalized spacial score (nSPS) is 47.2. The van der Waals surface area contributed by atoms with Crippen LogP contribution in [0, 0.1) is 28.6 Å². The predicted octanol–water partition coefficient (Wildman–Crippen LogP) is 4.24. The van der Waals surface area contributed by atoms with Crippen LogP contribution in [0.25, 0.3) is 0 Å². The van der Waals surface area contributed by atoms with Crippen LogP contribution in [-0.4, -0.2) is 23.8 Å². The van der Waals surface area contributed by atoms with Crippen molar-refractivity contribution in [2.45, 2.75) is 77.7 Å². The molecular formula is C21H32O3. The quantitative estimate of drug-likeness (QED) is 0.607. The number of aliphatic hydroxyl groups is 1. The first-order chi connectivity index (χ1) is 11.5. The summed E-state index contributed by atoms with van der Waals surface area (Å²) in [6.07, 6.45) is 12.9. The summed E-state index contributed by atoms with van der Waals surface area (Å²) in [6, 6.07) is 0. The summed E-state index contributed by atoms with van der Waals surface area (Å²) in [5.41, 5.74) is 1.80. The maximum atomic E-state index is 11.5. The topological polar surface area (TPSA) is 46.5 Å². The van der Waals surface area contributed by atoms with Gasteiger partial charge in [0, 0.05) is 12.3 Å². The van der Waals surface area contributed by atoms with Crippen LogP contribution in [0.1, 0.15) is 71.6 Å². The van der Waals surface area contributed by atoms with Gasteiger partial charge in [-0.3, -0.25) is 4.79 Å². The van der Waals surface area contributed by atoms with E-state index in [1.165, 1.54) is 51.9 Å². The second-order valence-electron chi connectivity index (χ2n) is 9.12. The van der Waals surface area contributed by atoms with Crippen molar-refractivity contribution in [1.82, 2.24) is 0 Å². The lowest BCUT2D eigenvalue weighted by molar-refractivity contribution is -0.149. The summed E-state index contributed by atoms with van der Waals surface area (Å²) in [5, 5.41) is 10.6. The fourth-order valence-electron chi connectivity index (χ4n) is 6.95. The van der Waals surface area contributed by atoms with Crippen molar-refractivity contribution in [3.8, 4) is 0 Å². The fraction of sp³-hybridized carbons (Fsp3) is 0.857. The Hall–Kier alpha value is -0.830. The van der Waals surface area contributed by atoms with Gasteiger partial charge in [0.25, 0.3) is 0 Å². The van der Waals surface area contributed by atoms with Crippen LogP contribution in [0.4, 0.5) is 0 Å². The molecule has 3 nitrogen and oxygen atoms in total. The standard InChI is InChI=1S/C21H32O3/c1-14(22)24-13-21-11-4-3-5-15(21)6-7-16-17-8-9-19(23)20(17,2)12-10-18(16)21/h6,16-19,23H,3-5,7-13H2,1-2H3/t16-,17-,18-,19-,20-,21+/m0/s1. The van der Waals surface area contributed by atoms with Gasteiger partial charge in [0.05, 0.1) is 6.10 Å². The molecule has 3 saturated carbocycles. The summed E-state index contributed by atoms with van der Waals surface area (Å²) in [5.74, 6) is 1.80. The molecule has 4 aliphatic carbocycles. The summed E-state index contributed by atoms with van der Waals surface area (Å²) >= 11 is 0. The maximum Gasteiger partial charge on any atom is 0.302 e. The Bertz CT molecular complexity index is 553. The zero-order valence-corrected chi connectivity index (χ0v) is 15.2. The summed E-state index contributed by atoms with van der Waals surface area (Å²) in [6.45, 7) is 4.44. The fourth-order valence-corrected chi connectivity index (χ4v) is 6.95. The van der Waals surface area contributed by atoms with Crippen LogP contribution in [0.15, 0.2) is 11.6 Å². The molecule has 0 heterocycles. The van der Waals surface area contributed by atoms with Crippen molar-refractivity contribution in [3.05, 3.63) is 11.6 Å². The third kappa shape index (κ3) is 2.30. The number of hydrogen-bond donors (Lipinski definition) is 1. The monoisotopic (exact) mass is 332 g/mol. The van der Waals surface area contributed by atoms with Gasteiger partial charge in [-0.25, -0.2) is 0 Å². The highest BCUT2D eigenvalue weighted by Gasteiger charge is 2.59. The van der Waals surface area contributed by atoms with E-state index < -0.39 is 0 Å². The average molecular weight is 332 g/mol. The lowest BCUT2D eigenvalue weighted by atomic mass is 9.47. The number of carbonyl (C=O) groups excluding carboxylic acids is 1. The summed E-state index contributed by atoms with van der Waals surface area (Å²) < 4.78 is 5.62. The number of hydrogen-bond acceptors (Lipinski definition) is 3. The number of ether oxygens (including phenoxy) is 1. The first kappa shape index (κ1) is 16.6. The van der Waals surface area contributed by atoms with Gasteiger partial charge in [0.1, 0.15) is 6.61 Å². The van der Waals surface area contributed by atoms with Gasteiger partial charge >= 0.3 is 5.97 Å². The van der Waals surface area contributed by atoms with Crippen molar-refractivity contribution in [1.29, 1.82) is 0 Å². The van der Waals surface area contributed by atoms with Crippen molar-refractivity contribution >= 4 is 5.97 Å². The Morgan fingerprint density at radius 2 is 2.08 bits per heavy atom. The molecular weight excluding hydrogens is 300 g/mol. The molecule has 3 heteroatoms. The van der Waals surface area contributed by atoms with E-state index in [1.807, 2.05) is 0 Å². The number of esters is 1. The molecule has 0 amide bonds. The van der Waals surface area contributed by atoms with Gasteiger partial charge in [-0.2, -0.15) is 0 Å². The third-order valence-electron chi connectivity index (χ3n) is 8.22. The van der Waals surface area contributed by atoms with E-state index in [0.717, 1.165) is 12.8 Å². The molecule has 0 saturated heterocycles. The Kier molecular flexibility index (Phi) is 4.06. The molecule has 0 aromatic rings. The van der Waals surface area contributed by atoms with E-state index in [-0.39, 0.29) is 22.9 Å². The molecule has 6 atom stereocenters. The first-order valence-corrected chi connectivity index (χ1v) is 9.98. The van der Waals surface area contributed by atoms with Crippen LogP contribution >= 0.6 is 0 Å². The highest BCUT2D eigenvalue weighted by Crippen LogP contribution is 2.64. The van der Waals surface area contributed by atoms with Gasteiger partial charge in [-0.1, -0.05) is 25.0 Å². The molecule has 134 valence electrons. The van der Waals surface area contributed by atoms with Gasteiger partial charge in [-0.15, -0.1) is 0 Å². The van der Waals surface area contributed by atoms with E-state index in [9.17, 15) is 9.90 Å². The molecule has 0 aromatic heterocycles. The van der Waals surface area contributed by atoms with Gasteiger partial charge in [-0.05, 0) is 74.5 Å². The summed E-state index contributed by atoms with van der Waals surface area (Å²) in [7, 11) is 0. The van der Waals surface area contributed by atoms with Gasteiger partial charge in [0.2, 0.25) is 0 Å². The Labute approximate surface area is 145 Å². The third-order valence-corrected chi connectivity index (χ3v) is 8.22. The molecule has 0 spiro atoms. The molecule has 0 unspecified atom stereocenters. The minimum Gasteiger partial charge on any atom is -0.465 e. The van der Waals surface area contributed by atoms with Gasteiger partial charge < -0.3 is 9.84 Å². The number of allylic oxidation sites excluding steroid dienone is 1. The smallest absolute Gasteiger partial charge is 0.302 e. The Morgan fingerprint density at radius 3 is 2.88 bits per heavy atom. The SMILES string of the molecule is CC(=O)OC[C@]12CCCCC1=CC[C@@H]1[C@@H]2CC[C@]2(C)[C@@H](O)CC[C@@H]12. The lowest BCUT2D eigenvalue weighted by Gasteiger charge is -2.57. The number of aliphatic hydroxyl groups excluding tert-OH is 1. The molecule has 4 aliphatic rings. The van der Waals surface area contributed by atoms with Crippen molar-refractivity contribution in [2.75, 3.05) is 6.61 Å². The lowest BCUT2D eigenvalue weighted by Crippen LogP contribution is -2.53. The number of rotatable bonds is 2. The van der Waals surface area contributed by atoms with Crippen molar-refractivity contribution in [2.24, 2.45) is 28.6 Å². The second-order valence-corrected chi connectivity index (χ2v) is 9.12. The molecule has 0 bridgehead atoms. The first-order valence-electron chi connectivity index (χ1n) is 9.98. The maximum absolute atomic E-state index is 11.5. The molecule has 0 aromatic carbocycles. The summed E-state index contributed by atoms with van der Waals surface area (Å²) in [4.78, 5) is 11.5. The van der Waals surface area contributed by atoms with Crippen LogP contribution in [-0.2, 0) is 9.53 Å². The second kappa shape index (κ2) is 5.86. The molecule has 24 heavy (non-hydrogen) atoms. The van der Waals surface area contributed by atoms with E-state index in [0.29, 0.717) is 24.4 Å². The average Bonchev–Trinajstić information content (AvgIpc) is 2.88. The Morgan fingerprint density at radius 1 is 1.25 bits per heavy atom. The van der Waals surface area contributed by atoms with E-state index in [1.54, 1.807) is 5.57 Å². The van der Waals surface area contributed by atoms with Crippen LogP contribution in [0.3, 0.4) is 0 Å². The van der Waals surface area contributed by atoms with Crippen LogP contribution in [0.5, 0.6) is 0 Å². The van der Waals surface area contributed by atoms with E-state index in [2.05, 4.69) is 13.0 Å². The van der Waals surface area contributed by atoms with E-state index in [4.69, 9.17) is 4.74 Å². The van der Waals surface area contributed by atoms with Crippen molar-refractivity contribution in [3.63, 3.8) is 0 Å². The molecule has 0 aliphatic heterocycles. The number of fused-ring (bicyclic) bond motifs is 5. The molecule has 1 N–H and O–H groups in total. The highest BCUT2D eigenvalue weighted by atomic mass is 16.5. The van der Waals surface area contributed by atoms with Crippen LogP contribution in [0.2, 0.25) is 0 Å². The minimum atomic E-state index is -0.145. The predicted molar refractivity (Wildman–Crippen MR) is 93.3 cm³/mol. The zero-order valence-electron chi connectivity index (χ0n) is 15.2. The zero-order chi connectivity index (χ0) is 16.9.